The maximum atomic E-state index is 5.00. The SMILES string of the molecule is Cc1ccc(SC2CCN(c3nc(NC4CCCC4)c4ccccc4n3)CC2)cc1. The van der Waals surface area contributed by atoms with E-state index < -0.39 is 0 Å². The lowest BCUT2D eigenvalue weighted by molar-refractivity contribution is 0.581. The highest BCUT2D eigenvalue weighted by Gasteiger charge is 2.24. The van der Waals surface area contributed by atoms with Crippen LogP contribution in [0.2, 0.25) is 0 Å². The van der Waals surface area contributed by atoms with Gasteiger partial charge < -0.3 is 10.2 Å². The van der Waals surface area contributed by atoms with Gasteiger partial charge in [0.2, 0.25) is 5.95 Å². The summed E-state index contributed by atoms with van der Waals surface area (Å²) in [5, 5.41) is 5.53. The van der Waals surface area contributed by atoms with Crippen molar-refractivity contribution < 1.29 is 0 Å². The second-order valence-electron chi connectivity index (χ2n) is 8.63. The molecule has 1 N–H and O–H groups in total. The predicted octanol–water partition coefficient (Wildman–Crippen LogP) is 6.05. The lowest BCUT2D eigenvalue weighted by Crippen LogP contribution is -2.36. The highest BCUT2D eigenvalue weighted by molar-refractivity contribution is 8.00. The molecule has 5 rings (SSSR count). The number of piperidine rings is 1. The van der Waals surface area contributed by atoms with Gasteiger partial charge in [-0.2, -0.15) is 4.98 Å². The van der Waals surface area contributed by atoms with E-state index in [2.05, 4.69) is 65.7 Å². The van der Waals surface area contributed by atoms with Gasteiger partial charge in [-0.15, -0.1) is 11.8 Å². The zero-order chi connectivity index (χ0) is 20.3. The number of benzene rings is 2. The molecule has 1 aromatic heterocycles. The third kappa shape index (κ3) is 4.41. The molecular formula is C25H30N4S. The Bertz CT molecular complexity index is 990. The summed E-state index contributed by atoms with van der Waals surface area (Å²) in [5.41, 5.74) is 2.36. The lowest BCUT2D eigenvalue weighted by Gasteiger charge is -2.32. The third-order valence-electron chi connectivity index (χ3n) is 6.34. The minimum absolute atomic E-state index is 0.549. The van der Waals surface area contributed by atoms with Crippen molar-refractivity contribution in [3.8, 4) is 0 Å². The fourth-order valence-corrected chi connectivity index (χ4v) is 5.69. The Hall–Kier alpha value is -2.27. The summed E-state index contributed by atoms with van der Waals surface area (Å²) in [7, 11) is 0. The lowest BCUT2D eigenvalue weighted by atomic mass is 10.1. The number of para-hydroxylation sites is 1. The van der Waals surface area contributed by atoms with Crippen LogP contribution in [0.4, 0.5) is 11.8 Å². The summed E-state index contributed by atoms with van der Waals surface area (Å²) in [6.45, 7) is 4.18. The van der Waals surface area contributed by atoms with E-state index in [-0.39, 0.29) is 0 Å². The van der Waals surface area contributed by atoms with Crippen LogP contribution in [0.25, 0.3) is 10.9 Å². The first-order valence-corrected chi connectivity index (χ1v) is 12.1. The minimum Gasteiger partial charge on any atom is -0.367 e. The Morgan fingerprint density at radius 2 is 1.63 bits per heavy atom. The van der Waals surface area contributed by atoms with Crippen LogP contribution in [0.5, 0.6) is 0 Å². The van der Waals surface area contributed by atoms with E-state index in [1.165, 1.54) is 49.0 Å². The smallest absolute Gasteiger partial charge is 0.227 e. The Morgan fingerprint density at radius 3 is 2.40 bits per heavy atom. The van der Waals surface area contributed by atoms with Gasteiger partial charge in [-0.1, -0.05) is 42.7 Å². The number of nitrogens with one attached hydrogen (secondary N) is 1. The number of hydrogen-bond acceptors (Lipinski definition) is 5. The molecule has 2 aliphatic rings. The van der Waals surface area contributed by atoms with E-state index in [0.29, 0.717) is 11.3 Å². The van der Waals surface area contributed by atoms with Crippen LogP contribution in [-0.4, -0.2) is 34.3 Å². The van der Waals surface area contributed by atoms with Gasteiger partial charge in [0.05, 0.1) is 5.52 Å². The molecule has 1 aliphatic carbocycles. The number of aromatic nitrogens is 2. The van der Waals surface area contributed by atoms with E-state index in [1.54, 1.807) is 0 Å². The summed E-state index contributed by atoms with van der Waals surface area (Å²) in [4.78, 5) is 13.7. The molecule has 5 heteroatoms. The molecule has 1 saturated carbocycles. The highest BCUT2D eigenvalue weighted by atomic mass is 32.2. The number of nitrogens with zero attached hydrogens (tertiary/aromatic N) is 3. The van der Waals surface area contributed by atoms with Crippen LogP contribution in [-0.2, 0) is 0 Å². The number of anilines is 2. The van der Waals surface area contributed by atoms with Crippen molar-refractivity contribution in [3.05, 3.63) is 54.1 Å². The molecule has 1 saturated heterocycles. The van der Waals surface area contributed by atoms with Crippen LogP contribution < -0.4 is 10.2 Å². The van der Waals surface area contributed by atoms with Crippen molar-refractivity contribution in [3.63, 3.8) is 0 Å². The van der Waals surface area contributed by atoms with E-state index >= 15 is 0 Å². The summed E-state index contributed by atoms with van der Waals surface area (Å²) in [6.07, 6.45) is 7.46. The standard InChI is InChI=1S/C25H30N4S/c1-18-10-12-20(13-11-18)30-21-14-16-29(17-15-21)25-27-23-9-5-4-8-22(23)24(28-25)26-19-6-2-3-7-19/h4-5,8-13,19,21H,2-3,6-7,14-17H2,1H3,(H,26,27,28). The molecule has 0 unspecified atom stereocenters. The first kappa shape index (κ1) is 19.7. The fourth-order valence-electron chi connectivity index (χ4n) is 4.56. The summed E-state index contributed by atoms with van der Waals surface area (Å²) in [6, 6.07) is 17.9. The molecule has 156 valence electrons. The molecule has 2 aromatic carbocycles. The summed E-state index contributed by atoms with van der Waals surface area (Å²) in [5.74, 6) is 1.90. The second kappa shape index (κ2) is 8.84. The number of rotatable bonds is 5. The fraction of sp³-hybridized carbons (Fsp3) is 0.440. The van der Waals surface area contributed by atoms with Crippen molar-refractivity contribution in [1.82, 2.24) is 9.97 Å². The van der Waals surface area contributed by atoms with Gasteiger partial charge in [0.1, 0.15) is 5.82 Å². The van der Waals surface area contributed by atoms with Gasteiger partial charge in [-0.05, 0) is 56.9 Å². The molecule has 2 fully saturated rings. The molecular weight excluding hydrogens is 388 g/mol. The van der Waals surface area contributed by atoms with Crippen LogP contribution in [0.15, 0.2) is 53.4 Å². The van der Waals surface area contributed by atoms with Crippen LogP contribution in [0.3, 0.4) is 0 Å². The first-order valence-electron chi connectivity index (χ1n) is 11.3. The monoisotopic (exact) mass is 418 g/mol. The second-order valence-corrected chi connectivity index (χ2v) is 10.0. The van der Waals surface area contributed by atoms with Gasteiger partial charge in [0, 0.05) is 34.7 Å². The maximum Gasteiger partial charge on any atom is 0.227 e. The molecule has 1 aliphatic heterocycles. The van der Waals surface area contributed by atoms with Crippen molar-refractivity contribution in [1.29, 1.82) is 0 Å². The Balaban J connectivity index is 1.30. The summed E-state index contributed by atoms with van der Waals surface area (Å²) < 4.78 is 0. The van der Waals surface area contributed by atoms with Crippen molar-refractivity contribution in [2.75, 3.05) is 23.3 Å². The first-order chi connectivity index (χ1) is 14.7. The van der Waals surface area contributed by atoms with Gasteiger partial charge >= 0.3 is 0 Å². The Kier molecular flexibility index (Phi) is 5.80. The zero-order valence-electron chi connectivity index (χ0n) is 17.7. The van der Waals surface area contributed by atoms with E-state index in [9.17, 15) is 0 Å². The molecule has 4 nitrogen and oxygen atoms in total. The Morgan fingerprint density at radius 1 is 0.900 bits per heavy atom. The van der Waals surface area contributed by atoms with Crippen molar-refractivity contribution in [2.24, 2.45) is 0 Å². The number of aryl methyl sites for hydroxylation is 1. The molecule has 30 heavy (non-hydrogen) atoms. The molecule has 2 heterocycles. The van der Waals surface area contributed by atoms with Crippen LogP contribution in [0.1, 0.15) is 44.1 Å². The topological polar surface area (TPSA) is 41.1 Å². The minimum atomic E-state index is 0.549. The van der Waals surface area contributed by atoms with Crippen molar-refractivity contribution >= 4 is 34.4 Å². The third-order valence-corrected chi connectivity index (χ3v) is 7.69. The van der Waals surface area contributed by atoms with Crippen LogP contribution in [0, 0.1) is 6.92 Å². The maximum absolute atomic E-state index is 5.00. The molecule has 0 radical (unpaired) electrons. The predicted molar refractivity (Wildman–Crippen MR) is 128 cm³/mol. The molecule has 0 amide bonds. The average molecular weight is 419 g/mol. The van der Waals surface area contributed by atoms with Gasteiger partial charge in [0.15, 0.2) is 0 Å². The van der Waals surface area contributed by atoms with E-state index in [4.69, 9.17) is 9.97 Å². The highest BCUT2D eigenvalue weighted by Crippen LogP contribution is 2.33. The zero-order valence-corrected chi connectivity index (χ0v) is 18.5. The molecule has 0 atom stereocenters. The number of fused-ring (bicyclic) bond motifs is 1. The van der Waals surface area contributed by atoms with Gasteiger partial charge in [-0.3, -0.25) is 0 Å². The van der Waals surface area contributed by atoms with Gasteiger partial charge in [-0.25, -0.2) is 4.98 Å². The summed E-state index contributed by atoms with van der Waals surface area (Å²) >= 11 is 2.02. The largest absolute Gasteiger partial charge is 0.367 e. The van der Waals surface area contributed by atoms with Crippen LogP contribution >= 0.6 is 11.8 Å². The van der Waals surface area contributed by atoms with Gasteiger partial charge in [0.25, 0.3) is 0 Å². The molecule has 0 spiro atoms. The Labute approximate surface area is 183 Å². The van der Waals surface area contributed by atoms with E-state index in [1.807, 2.05) is 11.8 Å². The van der Waals surface area contributed by atoms with E-state index in [0.717, 1.165) is 35.8 Å². The van der Waals surface area contributed by atoms with Crippen molar-refractivity contribution in [2.45, 2.75) is 61.6 Å². The normalized spacial score (nSPS) is 18.2. The molecule has 3 aromatic rings. The number of hydrogen-bond donors (Lipinski definition) is 1. The number of thioether (sulfide) groups is 1. The average Bonchev–Trinajstić information content (AvgIpc) is 3.29. The quantitative estimate of drug-likeness (QED) is 0.546. The molecule has 0 bridgehead atoms.